The van der Waals surface area contributed by atoms with Crippen LogP contribution in [0.4, 0.5) is 0 Å². The molecule has 25 heavy (non-hydrogen) atoms. The summed E-state index contributed by atoms with van der Waals surface area (Å²) < 4.78 is 11.8. The number of amides is 1. The zero-order chi connectivity index (χ0) is 17.6. The van der Waals surface area contributed by atoms with Crippen LogP contribution in [0.1, 0.15) is 28.8 Å². The number of ether oxygens (including phenoxy) is 2. The molecule has 0 saturated heterocycles. The van der Waals surface area contributed by atoms with Crippen LogP contribution in [-0.2, 0) is 16.1 Å². The van der Waals surface area contributed by atoms with E-state index in [1.54, 1.807) is 24.3 Å². The normalized spacial score (nSPS) is 13.2. The fraction of sp³-hybridized carbons (Fsp3) is 0.263. The van der Waals surface area contributed by atoms with E-state index in [1.165, 1.54) is 0 Å². The fourth-order valence-electron chi connectivity index (χ4n) is 2.25. The Kier molecular flexibility index (Phi) is 5.71. The van der Waals surface area contributed by atoms with Crippen LogP contribution in [0.15, 0.2) is 53.0 Å². The van der Waals surface area contributed by atoms with Gasteiger partial charge in [0.25, 0.3) is 5.91 Å². The van der Waals surface area contributed by atoms with E-state index in [0.29, 0.717) is 17.9 Å². The quantitative estimate of drug-likeness (QED) is 0.718. The summed E-state index contributed by atoms with van der Waals surface area (Å²) in [5, 5.41) is 2.78. The summed E-state index contributed by atoms with van der Waals surface area (Å²) in [4.78, 5) is 23.9. The summed E-state index contributed by atoms with van der Waals surface area (Å²) in [6.07, 6.45) is 1.98. The highest BCUT2D eigenvalue weighted by Crippen LogP contribution is 2.21. The number of halogens is 1. The molecule has 0 aromatic heterocycles. The third-order valence-corrected chi connectivity index (χ3v) is 4.16. The lowest BCUT2D eigenvalue weighted by Crippen LogP contribution is -2.30. The SMILES string of the molecule is O=C(COC(=O)c1ccccc1OCc1cccc(Br)c1)NC1CC1. The van der Waals surface area contributed by atoms with Crippen LogP contribution in [0.5, 0.6) is 5.75 Å². The van der Waals surface area contributed by atoms with Crippen LogP contribution in [0.25, 0.3) is 0 Å². The molecule has 0 aliphatic heterocycles. The second kappa shape index (κ2) is 8.16. The summed E-state index contributed by atoms with van der Waals surface area (Å²) >= 11 is 3.41. The monoisotopic (exact) mass is 403 g/mol. The van der Waals surface area contributed by atoms with E-state index in [1.807, 2.05) is 24.3 Å². The molecule has 6 heteroatoms. The number of hydrogen-bond acceptors (Lipinski definition) is 4. The van der Waals surface area contributed by atoms with Gasteiger partial charge in [-0.05, 0) is 42.7 Å². The number of para-hydroxylation sites is 1. The molecule has 1 aliphatic rings. The van der Waals surface area contributed by atoms with E-state index in [0.717, 1.165) is 22.9 Å². The molecule has 0 bridgehead atoms. The highest BCUT2D eigenvalue weighted by Gasteiger charge is 2.24. The first kappa shape index (κ1) is 17.5. The van der Waals surface area contributed by atoms with Gasteiger partial charge in [-0.3, -0.25) is 4.79 Å². The maximum absolute atomic E-state index is 12.2. The number of carbonyl (C=O) groups is 2. The van der Waals surface area contributed by atoms with Crippen LogP contribution in [0.2, 0.25) is 0 Å². The summed E-state index contributed by atoms with van der Waals surface area (Å²) in [5.74, 6) is -0.422. The van der Waals surface area contributed by atoms with Gasteiger partial charge in [-0.15, -0.1) is 0 Å². The van der Waals surface area contributed by atoms with E-state index >= 15 is 0 Å². The van der Waals surface area contributed by atoms with Crippen molar-refractivity contribution < 1.29 is 19.1 Å². The highest BCUT2D eigenvalue weighted by molar-refractivity contribution is 9.10. The number of carbonyl (C=O) groups excluding carboxylic acids is 2. The molecule has 1 N–H and O–H groups in total. The zero-order valence-electron chi connectivity index (χ0n) is 13.5. The van der Waals surface area contributed by atoms with Crippen LogP contribution in [0.3, 0.4) is 0 Å². The van der Waals surface area contributed by atoms with Crippen molar-refractivity contribution in [2.75, 3.05) is 6.61 Å². The smallest absolute Gasteiger partial charge is 0.342 e. The van der Waals surface area contributed by atoms with Crippen molar-refractivity contribution >= 4 is 27.8 Å². The molecule has 0 atom stereocenters. The molecule has 3 rings (SSSR count). The summed E-state index contributed by atoms with van der Waals surface area (Å²) in [5.41, 5.74) is 1.28. The number of hydrogen-bond donors (Lipinski definition) is 1. The maximum Gasteiger partial charge on any atom is 0.342 e. The summed E-state index contributed by atoms with van der Waals surface area (Å²) in [6, 6.07) is 14.8. The lowest BCUT2D eigenvalue weighted by molar-refractivity contribution is -0.124. The Morgan fingerprint density at radius 1 is 1.12 bits per heavy atom. The standard InChI is InChI=1S/C19H18BrNO4/c20-14-5-3-4-13(10-14)11-24-17-7-2-1-6-16(17)19(23)25-12-18(22)21-15-8-9-15/h1-7,10,15H,8-9,11-12H2,(H,21,22). The van der Waals surface area contributed by atoms with Gasteiger partial charge in [-0.1, -0.05) is 40.2 Å². The largest absolute Gasteiger partial charge is 0.488 e. The minimum absolute atomic E-state index is 0.243. The first-order valence-electron chi connectivity index (χ1n) is 8.04. The molecular formula is C19H18BrNO4. The van der Waals surface area contributed by atoms with Gasteiger partial charge in [-0.25, -0.2) is 4.79 Å². The molecule has 0 radical (unpaired) electrons. The van der Waals surface area contributed by atoms with Crippen LogP contribution >= 0.6 is 15.9 Å². The molecule has 1 aliphatic carbocycles. The van der Waals surface area contributed by atoms with Gasteiger partial charge in [0.1, 0.15) is 17.9 Å². The van der Waals surface area contributed by atoms with Gasteiger partial charge < -0.3 is 14.8 Å². The highest BCUT2D eigenvalue weighted by atomic mass is 79.9. The molecule has 0 unspecified atom stereocenters. The molecule has 1 amide bonds. The zero-order valence-corrected chi connectivity index (χ0v) is 15.1. The van der Waals surface area contributed by atoms with E-state index in [2.05, 4.69) is 21.2 Å². The van der Waals surface area contributed by atoms with Crippen molar-refractivity contribution in [3.63, 3.8) is 0 Å². The van der Waals surface area contributed by atoms with Crippen LogP contribution in [-0.4, -0.2) is 24.5 Å². The third kappa shape index (κ3) is 5.32. The molecule has 0 spiro atoms. The second-order valence-corrected chi connectivity index (χ2v) is 6.75. The van der Waals surface area contributed by atoms with Crippen molar-refractivity contribution in [2.24, 2.45) is 0 Å². The average molecular weight is 404 g/mol. The van der Waals surface area contributed by atoms with Crippen molar-refractivity contribution in [3.05, 3.63) is 64.1 Å². The Morgan fingerprint density at radius 2 is 1.92 bits per heavy atom. The minimum Gasteiger partial charge on any atom is -0.488 e. The molecule has 5 nitrogen and oxygen atoms in total. The Labute approximate surface area is 154 Å². The van der Waals surface area contributed by atoms with E-state index < -0.39 is 5.97 Å². The van der Waals surface area contributed by atoms with Gasteiger partial charge in [0.05, 0.1) is 0 Å². The van der Waals surface area contributed by atoms with Crippen molar-refractivity contribution in [1.82, 2.24) is 5.32 Å². The molecule has 1 fully saturated rings. The number of esters is 1. The van der Waals surface area contributed by atoms with Crippen molar-refractivity contribution in [3.8, 4) is 5.75 Å². The number of nitrogens with one attached hydrogen (secondary N) is 1. The van der Waals surface area contributed by atoms with E-state index in [-0.39, 0.29) is 18.6 Å². The van der Waals surface area contributed by atoms with Crippen molar-refractivity contribution in [1.29, 1.82) is 0 Å². The molecule has 2 aromatic rings. The topological polar surface area (TPSA) is 64.6 Å². The Hall–Kier alpha value is -2.34. The predicted octanol–water partition coefficient (Wildman–Crippen LogP) is 3.46. The molecular weight excluding hydrogens is 386 g/mol. The Morgan fingerprint density at radius 3 is 2.68 bits per heavy atom. The number of benzene rings is 2. The van der Waals surface area contributed by atoms with Crippen molar-refractivity contribution in [2.45, 2.75) is 25.5 Å². The van der Waals surface area contributed by atoms with E-state index in [9.17, 15) is 9.59 Å². The first-order chi connectivity index (χ1) is 12.1. The van der Waals surface area contributed by atoms with Gasteiger partial charge in [0, 0.05) is 10.5 Å². The number of rotatable bonds is 7. The first-order valence-corrected chi connectivity index (χ1v) is 8.84. The van der Waals surface area contributed by atoms with Gasteiger partial charge >= 0.3 is 5.97 Å². The predicted molar refractivity (Wildman–Crippen MR) is 96.4 cm³/mol. The van der Waals surface area contributed by atoms with E-state index in [4.69, 9.17) is 9.47 Å². The average Bonchev–Trinajstić information content (AvgIpc) is 3.42. The lowest BCUT2D eigenvalue weighted by Gasteiger charge is -2.11. The Balaban J connectivity index is 1.59. The summed E-state index contributed by atoms with van der Waals surface area (Å²) in [7, 11) is 0. The molecule has 0 heterocycles. The fourth-order valence-corrected chi connectivity index (χ4v) is 2.70. The second-order valence-electron chi connectivity index (χ2n) is 5.83. The lowest BCUT2D eigenvalue weighted by atomic mass is 10.2. The Bertz CT molecular complexity index is 774. The van der Waals surface area contributed by atoms with Crippen LogP contribution < -0.4 is 10.1 Å². The van der Waals surface area contributed by atoms with Gasteiger partial charge in [0.2, 0.25) is 0 Å². The maximum atomic E-state index is 12.2. The van der Waals surface area contributed by atoms with Gasteiger partial charge in [-0.2, -0.15) is 0 Å². The third-order valence-electron chi connectivity index (χ3n) is 3.67. The molecule has 2 aromatic carbocycles. The summed E-state index contributed by atoms with van der Waals surface area (Å²) in [6.45, 7) is 0.0429. The van der Waals surface area contributed by atoms with Crippen LogP contribution in [0, 0.1) is 0 Å². The van der Waals surface area contributed by atoms with Gasteiger partial charge in [0.15, 0.2) is 6.61 Å². The minimum atomic E-state index is -0.573. The molecule has 1 saturated carbocycles. The molecule has 130 valence electrons.